The Morgan fingerprint density at radius 3 is 2.48 bits per heavy atom. The van der Waals surface area contributed by atoms with Crippen molar-refractivity contribution in [1.82, 2.24) is 10.4 Å². The molecule has 144 valence electrons. The van der Waals surface area contributed by atoms with Crippen LogP contribution in [0.25, 0.3) is 0 Å². The summed E-state index contributed by atoms with van der Waals surface area (Å²) in [6, 6.07) is 7.22. The zero-order chi connectivity index (χ0) is 18.2. The summed E-state index contributed by atoms with van der Waals surface area (Å²) in [6.45, 7) is 1.31. The topological polar surface area (TPSA) is 52.6 Å². The van der Waals surface area contributed by atoms with E-state index in [2.05, 4.69) is 11.0 Å². The molecule has 6 bridgehead atoms. The van der Waals surface area contributed by atoms with E-state index in [0.717, 1.165) is 24.2 Å². The van der Waals surface area contributed by atoms with Crippen LogP contribution in [0.4, 0.5) is 0 Å². The van der Waals surface area contributed by atoms with Gasteiger partial charge < -0.3 is 0 Å². The van der Waals surface area contributed by atoms with Gasteiger partial charge in [-0.05, 0) is 104 Å². The van der Waals surface area contributed by atoms with E-state index in [0.29, 0.717) is 23.1 Å². The van der Waals surface area contributed by atoms with E-state index < -0.39 is 5.91 Å². The highest BCUT2D eigenvalue weighted by atomic mass is 16.5. The summed E-state index contributed by atoms with van der Waals surface area (Å²) < 4.78 is 0. The minimum atomic E-state index is -0.402. The Kier molecular flexibility index (Phi) is 3.56. The van der Waals surface area contributed by atoms with Gasteiger partial charge in [0.1, 0.15) is 0 Å². The van der Waals surface area contributed by atoms with Gasteiger partial charge in [0.05, 0.1) is 0 Å². The molecular weight excluding hydrogens is 336 g/mol. The van der Waals surface area contributed by atoms with Crippen molar-refractivity contribution in [3.05, 3.63) is 34.9 Å². The Balaban J connectivity index is 1.28. The van der Waals surface area contributed by atoms with Gasteiger partial charge in [0.15, 0.2) is 0 Å². The molecule has 4 saturated carbocycles. The van der Waals surface area contributed by atoms with Crippen LogP contribution in [-0.2, 0) is 6.42 Å². The zero-order valence-corrected chi connectivity index (χ0v) is 16.0. The van der Waals surface area contributed by atoms with Crippen molar-refractivity contribution in [2.24, 2.45) is 23.2 Å². The first-order valence-electron chi connectivity index (χ1n) is 11.0. The smallest absolute Gasteiger partial charge is 0.274 e. The highest BCUT2D eigenvalue weighted by Crippen LogP contribution is 2.61. The minimum Gasteiger partial charge on any atom is -0.292 e. The Labute approximate surface area is 161 Å². The average Bonchev–Trinajstić information content (AvgIpc) is 2.91. The highest BCUT2D eigenvalue weighted by molar-refractivity contribution is 5.93. The maximum Gasteiger partial charge on any atom is 0.274 e. The summed E-state index contributed by atoms with van der Waals surface area (Å²) >= 11 is 0. The van der Waals surface area contributed by atoms with E-state index in [1.54, 1.807) is 5.48 Å². The molecule has 27 heavy (non-hydrogen) atoms. The highest BCUT2D eigenvalue weighted by Gasteiger charge is 2.53. The van der Waals surface area contributed by atoms with Gasteiger partial charge in [-0.15, -0.1) is 0 Å². The second-order valence-corrected chi connectivity index (χ2v) is 10.4. The molecule has 2 atom stereocenters. The Bertz CT molecular complexity index is 753. The lowest BCUT2D eigenvalue weighted by molar-refractivity contribution is -0.0770. The summed E-state index contributed by atoms with van der Waals surface area (Å²) in [7, 11) is 0. The first-order chi connectivity index (χ1) is 13.1. The van der Waals surface area contributed by atoms with Crippen LogP contribution in [0.1, 0.15) is 78.9 Å². The Morgan fingerprint density at radius 2 is 1.81 bits per heavy atom. The summed E-state index contributed by atoms with van der Waals surface area (Å²) in [5, 5.41) is 8.93. The first kappa shape index (κ1) is 16.6. The number of benzene rings is 1. The van der Waals surface area contributed by atoms with E-state index >= 15 is 0 Å². The number of amides is 1. The van der Waals surface area contributed by atoms with Gasteiger partial charge in [-0.25, -0.2) is 5.48 Å². The molecule has 2 aliphatic heterocycles. The molecule has 0 radical (unpaired) electrons. The Hall–Kier alpha value is -1.39. The molecule has 1 amide bonds. The third-order valence-electron chi connectivity index (χ3n) is 8.65. The van der Waals surface area contributed by atoms with Crippen LogP contribution in [-0.4, -0.2) is 28.6 Å². The van der Waals surface area contributed by atoms with Crippen molar-refractivity contribution in [3.63, 3.8) is 0 Å². The number of hydrogen-bond acceptors (Lipinski definition) is 3. The van der Waals surface area contributed by atoms with Crippen LogP contribution in [0.2, 0.25) is 0 Å². The number of rotatable bonds is 3. The molecular formula is C23H30N2O2. The third kappa shape index (κ3) is 2.52. The van der Waals surface area contributed by atoms with Crippen molar-refractivity contribution in [3.8, 4) is 0 Å². The monoisotopic (exact) mass is 366 g/mol. The van der Waals surface area contributed by atoms with Gasteiger partial charge in [-0.3, -0.25) is 14.9 Å². The van der Waals surface area contributed by atoms with Crippen molar-refractivity contribution in [2.45, 2.75) is 69.9 Å². The molecule has 0 spiro atoms. The number of nitrogens with zero attached hydrogens (tertiary/aromatic N) is 1. The molecule has 1 saturated heterocycles. The van der Waals surface area contributed by atoms with Gasteiger partial charge >= 0.3 is 0 Å². The summed E-state index contributed by atoms with van der Waals surface area (Å²) in [4.78, 5) is 14.6. The molecule has 0 aromatic heterocycles. The fourth-order valence-electron chi connectivity index (χ4n) is 8.17. The van der Waals surface area contributed by atoms with Gasteiger partial charge in [0.25, 0.3) is 5.91 Å². The van der Waals surface area contributed by atoms with E-state index in [-0.39, 0.29) is 0 Å². The molecule has 5 fully saturated rings. The predicted molar refractivity (Wildman–Crippen MR) is 102 cm³/mol. The van der Waals surface area contributed by atoms with Crippen LogP contribution in [0.3, 0.4) is 0 Å². The van der Waals surface area contributed by atoms with Crippen molar-refractivity contribution >= 4 is 5.91 Å². The molecule has 4 nitrogen and oxygen atoms in total. The lowest BCUT2D eigenvalue weighted by Gasteiger charge is -2.58. The third-order valence-corrected chi connectivity index (χ3v) is 8.65. The molecule has 1 aromatic rings. The number of hydrogen-bond donors (Lipinski definition) is 2. The quantitative estimate of drug-likeness (QED) is 0.626. The Morgan fingerprint density at radius 1 is 1.11 bits per heavy atom. The summed E-state index contributed by atoms with van der Waals surface area (Å²) in [6.07, 6.45) is 12.6. The lowest BCUT2D eigenvalue weighted by Crippen LogP contribution is -2.53. The molecule has 6 aliphatic rings. The zero-order valence-electron chi connectivity index (χ0n) is 16.0. The van der Waals surface area contributed by atoms with Crippen LogP contribution < -0.4 is 5.48 Å². The molecule has 4 heteroatoms. The first-order valence-corrected chi connectivity index (χ1v) is 11.0. The minimum absolute atomic E-state index is 0.402. The molecule has 2 heterocycles. The van der Waals surface area contributed by atoms with Crippen molar-refractivity contribution in [2.75, 3.05) is 6.54 Å². The van der Waals surface area contributed by atoms with E-state index in [1.807, 2.05) is 12.1 Å². The average molecular weight is 367 g/mol. The van der Waals surface area contributed by atoms with E-state index in [1.165, 1.54) is 69.0 Å². The number of carbonyl (C=O) groups excluding carboxylic acids is 1. The second kappa shape index (κ2) is 5.81. The van der Waals surface area contributed by atoms with Crippen LogP contribution in [0, 0.1) is 23.2 Å². The van der Waals surface area contributed by atoms with Gasteiger partial charge in [-0.2, -0.15) is 0 Å². The van der Waals surface area contributed by atoms with Crippen molar-refractivity contribution in [1.29, 1.82) is 0 Å². The maximum absolute atomic E-state index is 11.8. The van der Waals surface area contributed by atoms with Crippen molar-refractivity contribution < 1.29 is 10.0 Å². The molecule has 7 rings (SSSR count). The molecule has 4 aliphatic carbocycles. The SMILES string of the molecule is O=C(NO)c1ccc2c(c1)CC1CCC2N1CC12CC3CC(CC(C3)C1)C2. The van der Waals surface area contributed by atoms with Gasteiger partial charge in [-0.1, -0.05) is 6.07 Å². The van der Waals surface area contributed by atoms with Gasteiger partial charge in [0, 0.05) is 24.2 Å². The van der Waals surface area contributed by atoms with Crippen LogP contribution >= 0.6 is 0 Å². The van der Waals surface area contributed by atoms with E-state index in [4.69, 9.17) is 5.21 Å². The summed E-state index contributed by atoms with van der Waals surface area (Å²) in [5.74, 6) is 2.66. The lowest BCUT2D eigenvalue weighted by atomic mass is 9.49. The van der Waals surface area contributed by atoms with E-state index in [9.17, 15) is 4.79 Å². The predicted octanol–water partition coefficient (Wildman–Crippen LogP) is 4.08. The van der Waals surface area contributed by atoms with Crippen LogP contribution in [0.5, 0.6) is 0 Å². The summed E-state index contributed by atoms with van der Waals surface area (Å²) in [5.41, 5.74) is 5.70. The second-order valence-electron chi connectivity index (χ2n) is 10.4. The molecule has 2 N–H and O–H groups in total. The number of hydroxylamine groups is 1. The van der Waals surface area contributed by atoms with Gasteiger partial charge in [0.2, 0.25) is 0 Å². The number of nitrogens with one attached hydrogen (secondary N) is 1. The molecule has 1 aromatic carbocycles. The fraction of sp³-hybridized carbons (Fsp3) is 0.696. The number of carbonyl (C=O) groups is 1. The maximum atomic E-state index is 11.8. The fourth-order valence-corrected chi connectivity index (χ4v) is 8.17. The number of fused-ring (bicyclic) bond motifs is 4. The normalized spacial score (nSPS) is 41.6. The largest absolute Gasteiger partial charge is 0.292 e. The van der Waals surface area contributed by atoms with Crippen LogP contribution in [0.15, 0.2) is 18.2 Å². The molecule has 2 unspecified atom stereocenters. The standard InChI is InChI=1S/C23H30N2O2/c26-22(24-27)17-1-3-20-18(8-17)9-19-2-4-21(20)25(19)13-23-10-14-5-15(11-23)7-16(6-14)12-23/h1,3,8,14-16,19,21,27H,2,4-7,9-13H2,(H,24,26).